The molecule has 0 radical (unpaired) electrons. The van der Waals surface area contributed by atoms with Crippen molar-refractivity contribution in [2.24, 2.45) is 0 Å². The van der Waals surface area contributed by atoms with Gasteiger partial charge in [-0.1, -0.05) is 11.6 Å². The summed E-state index contributed by atoms with van der Waals surface area (Å²) in [5.41, 5.74) is -0.288. The van der Waals surface area contributed by atoms with Gasteiger partial charge in [0.15, 0.2) is 5.82 Å². The van der Waals surface area contributed by atoms with Crippen LogP contribution in [0.3, 0.4) is 0 Å². The Kier molecular flexibility index (Phi) is 4.35. The van der Waals surface area contributed by atoms with Crippen molar-refractivity contribution in [1.29, 1.82) is 0 Å². The van der Waals surface area contributed by atoms with Crippen molar-refractivity contribution >= 4 is 29.3 Å². The number of rotatable bonds is 3. The first-order valence-electron chi connectivity index (χ1n) is 4.96. The molecule has 0 unspecified atom stereocenters. The first-order valence-corrected chi connectivity index (χ1v) is 5.33. The fraction of sp³-hybridized carbons (Fsp3) is 0.300. The number of carbonyl (C=O) groups is 2. The fourth-order valence-electron chi connectivity index (χ4n) is 1.29. The van der Waals surface area contributed by atoms with Crippen molar-refractivity contribution in [2.45, 2.75) is 13.1 Å². The molecule has 0 saturated heterocycles. The van der Waals surface area contributed by atoms with Gasteiger partial charge in [-0.05, 0) is 13.0 Å². The van der Waals surface area contributed by atoms with E-state index in [-0.39, 0.29) is 17.1 Å². The molecule has 0 aromatic carbocycles. The van der Waals surface area contributed by atoms with Crippen LogP contribution in [0.1, 0.15) is 17.3 Å². The molecule has 1 N–H and O–H groups in total. The van der Waals surface area contributed by atoms with E-state index in [2.05, 4.69) is 4.98 Å². The number of anilines is 1. The normalized spacial score (nSPS) is 11.2. The van der Waals surface area contributed by atoms with E-state index in [9.17, 15) is 22.8 Å². The second-order valence-corrected chi connectivity index (χ2v) is 3.79. The molecule has 0 bridgehead atoms. The highest BCUT2D eigenvalue weighted by atomic mass is 35.5. The summed E-state index contributed by atoms with van der Waals surface area (Å²) < 4.78 is 37.1. The summed E-state index contributed by atoms with van der Waals surface area (Å²) in [5, 5.41) is 8.33. The van der Waals surface area contributed by atoms with Gasteiger partial charge in [0.25, 0.3) is 0 Å². The van der Waals surface area contributed by atoms with Crippen molar-refractivity contribution in [3.8, 4) is 0 Å². The summed E-state index contributed by atoms with van der Waals surface area (Å²) in [6.07, 6.45) is -4.23. The van der Waals surface area contributed by atoms with Crippen LogP contribution in [0.15, 0.2) is 12.3 Å². The molecule has 0 fully saturated rings. The number of pyridine rings is 1. The smallest absolute Gasteiger partial charge is 0.471 e. The van der Waals surface area contributed by atoms with E-state index in [0.29, 0.717) is 4.90 Å². The van der Waals surface area contributed by atoms with Gasteiger partial charge >= 0.3 is 18.1 Å². The summed E-state index contributed by atoms with van der Waals surface area (Å²) in [6, 6.07) is 0.929. The Morgan fingerprint density at radius 1 is 1.47 bits per heavy atom. The van der Waals surface area contributed by atoms with Crippen LogP contribution in [-0.2, 0) is 4.79 Å². The van der Waals surface area contributed by atoms with Crippen molar-refractivity contribution in [2.75, 3.05) is 11.4 Å². The predicted octanol–water partition coefficient (Wildman–Crippen LogP) is 2.35. The van der Waals surface area contributed by atoms with E-state index in [1.807, 2.05) is 0 Å². The Morgan fingerprint density at radius 2 is 2.05 bits per heavy atom. The van der Waals surface area contributed by atoms with Gasteiger partial charge in [-0.3, -0.25) is 9.69 Å². The molecule has 1 rings (SSSR count). The molecule has 0 spiro atoms. The van der Waals surface area contributed by atoms with Crippen LogP contribution < -0.4 is 4.90 Å². The number of hydrogen-bond donors (Lipinski definition) is 1. The molecule has 1 amide bonds. The molecular formula is C10H8ClF3N2O3. The van der Waals surface area contributed by atoms with Crippen LogP contribution >= 0.6 is 11.6 Å². The van der Waals surface area contributed by atoms with Crippen molar-refractivity contribution in [1.82, 2.24) is 4.98 Å². The maximum atomic E-state index is 12.4. The van der Waals surface area contributed by atoms with E-state index in [4.69, 9.17) is 16.7 Å². The van der Waals surface area contributed by atoms with Crippen LogP contribution in [0, 0.1) is 0 Å². The van der Waals surface area contributed by atoms with Gasteiger partial charge in [-0.15, -0.1) is 0 Å². The molecule has 0 atom stereocenters. The summed E-state index contributed by atoms with van der Waals surface area (Å²) >= 11 is 5.65. The minimum absolute atomic E-state index is 0.288. The van der Waals surface area contributed by atoms with Gasteiger partial charge in [0.2, 0.25) is 0 Å². The number of alkyl halides is 3. The highest BCUT2D eigenvalue weighted by Crippen LogP contribution is 2.28. The lowest BCUT2D eigenvalue weighted by Crippen LogP contribution is -2.41. The standard InChI is InChI=1S/C10H8ClF3N2O3/c1-2-16(9(19)10(12,13)14)7-6(11)3-5(4-15-7)8(17)18/h3-4H,2H2,1H3,(H,17,18). The van der Waals surface area contributed by atoms with Gasteiger partial charge in [0, 0.05) is 12.7 Å². The zero-order valence-corrected chi connectivity index (χ0v) is 10.3. The zero-order chi connectivity index (χ0) is 14.8. The first-order chi connectivity index (χ1) is 8.68. The van der Waals surface area contributed by atoms with Gasteiger partial charge < -0.3 is 5.11 Å². The molecule has 1 aromatic rings. The van der Waals surface area contributed by atoms with E-state index in [1.165, 1.54) is 6.92 Å². The number of halogens is 4. The minimum atomic E-state index is -5.06. The lowest BCUT2D eigenvalue weighted by atomic mass is 10.2. The molecular weight excluding hydrogens is 289 g/mol. The molecule has 5 nitrogen and oxygen atoms in total. The number of carboxylic acid groups (broad SMARTS) is 1. The van der Waals surface area contributed by atoms with Crippen LogP contribution in [0.4, 0.5) is 19.0 Å². The van der Waals surface area contributed by atoms with E-state index in [1.54, 1.807) is 0 Å². The van der Waals surface area contributed by atoms with Crippen LogP contribution in [0.25, 0.3) is 0 Å². The second kappa shape index (κ2) is 5.43. The number of nitrogens with zero attached hydrogens (tertiary/aromatic N) is 2. The highest BCUT2D eigenvalue weighted by Gasteiger charge is 2.43. The predicted molar refractivity (Wildman–Crippen MR) is 60.3 cm³/mol. The number of hydrogen-bond acceptors (Lipinski definition) is 3. The Bertz CT molecular complexity index is 519. The largest absolute Gasteiger partial charge is 0.478 e. The summed E-state index contributed by atoms with van der Waals surface area (Å²) in [7, 11) is 0. The third kappa shape index (κ3) is 3.34. The lowest BCUT2D eigenvalue weighted by molar-refractivity contribution is -0.170. The maximum Gasteiger partial charge on any atom is 0.471 e. The van der Waals surface area contributed by atoms with Crippen molar-refractivity contribution in [3.63, 3.8) is 0 Å². The monoisotopic (exact) mass is 296 g/mol. The molecule has 0 saturated carbocycles. The van der Waals surface area contributed by atoms with Crippen LogP contribution in [0.5, 0.6) is 0 Å². The molecule has 0 aliphatic carbocycles. The van der Waals surface area contributed by atoms with Crippen LogP contribution in [0.2, 0.25) is 5.02 Å². The Morgan fingerprint density at radius 3 is 2.42 bits per heavy atom. The third-order valence-electron chi connectivity index (χ3n) is 2.13. The van der Waals surface area contributed by atoms with Crippen molar-refractivity contribution < 1.29 is 27.9 Å². The van der Waals surface area contributed by atoms with E-state index >= 15 is 0 Å². The van der Waals surface area contributed by atoms with Gasteiger partial charge in [0.1, 0.15) is 0 Å². The molecule has 1 aromatic heterocycles. The van der Waals surface area contributed by atoms with E-state index < -0.39 is 23.9 Å². The number of carboxylic acids is 1. The summed E-state index contributed by atoms with van der Waals surface area (Å²) in [4.78, 5) is 25.6. The average molecular weight is 297 g/mol. The summed E-state index contributed by atoms with van der Waals surface area (Å²) in [6.45, 7) is 1.00. The third-order valence-corrected chi connectivity index (χ3v) is 2.41. The molecule has 0 aliphatic rings. The topological polar surface area (TPSA) is 70.5 Å². The molecule has 9 heteroatoms. The zero-order valence-electron chi connectivity index (χ0n) is 9.53. The average Bonchev–Trinajstić information content (AvgIpc) is 2.30. The van der Waals surface area contributed by atoms with Gasteiger partial charge in [0.05, 0.1) is 10.6 Å². The SMILES string of the molecule is CCN(C(=O)C(F)(F)F)c1ncc(C(=O)O)cc1Cl. The number of carbonyl (C=O) groups excluding carboxylic acids is 1. The second-order valence-electron chi connectivity index (χ2n) is 3.38. The molecule has 0 aliphatic heterocycles. The molecule has 19 heavy (non-hydrogen) atoms. The lowest BCUT2D eigenvalue weighted by Gasteiger charge is -2.22. The Hall–Kier alpha value is -1.83. The quantitative estimate of drug-likeness (QED) is 0.929. The summed E-state index contributed by atoms with van der Waals surface area (Å²) in [5.74, 6) is -3.88. The number of aromatic carboxylic acids is 1. The molecule has 104 valence electrons. The minimum Gasteiger partial charge on any atom is -0.478 e. The molecule has 1 heterocycles. The van der Waals surface area contributed by atoms with Gasteiger partial charge in [-0.2, -0.15) is 13.2 Å². The van der Waals surface area contributed by atoms with Crippen molar-refractivity contribution in [3.05, 3.63) is 22.8 Å². The number of aromatic nitrogens is 1. The fourth-order valence-corrected chi connectivity index (χ4v) is 1.56. The van der Waals surface area contributed by atoms with Gasteiger partial charge in [-0.25, -0.2) is 9.78 Å². The Balaban J connectivity index is 3.20. The van der Waals surface area contributed by atoms with E-state index in [0.717, 1.165) is 12.3 Å². The number of amides is 1. The van der Waals surface area contributed by atoms with Crippen LogP contribution in [-0.4, -0.2) is 34.7 Å². The highest BCUT2D eigenvalue weighted by molar-refractivity contribution is 6.33. The maximum absolute atomic E-state index is 12.4. The first kappa shape index (κ1) is 15.2. The Labute approximate surface area is 110 Å².